The molecule has 0 aliphatic carbocycles. The van der Waals surface area contributed by atoms with Gasteiger partial charge in [-0.3, -0.25) is 9.59 Å². The molecule has 0 saturated carbocycles. The van der Waals surface area contributed by atoms with Gasteiger partial charge in [0.05, 0.1) is 15.7 Å². The molecule has 5 rings (SSSR count). The lowest BCUT2D eigenvalue weighted by atomic mass is 10.1. The van der Waals surface area contributed by atoms with E-state index in [1.165, 1.54) is 6.07 Å². The molecule has 1 amide bonds. The van der Waals surface area contributed by atoms with Crippen molar-refractivity contribution < 1.29 is 14.7 Å². The number of nitrogens with one attached hydrogen (secondary N) is 1. The van der Waals surface area contributed by atoms with Gasteiger partial charge in [0.2, 0.25) is 0 Å². The van der Waals surface area contributed by atoms with Crippen molar-refractivity contribution in [1.82, 2.24) is 19.6 Å². The van der Waals surface area contributed by atoms with Crippen LogP contribution in [0, 0.1) is 0 Å². The summed E-state index contributed by atoms with van der Waals surface area (Å²) in [7, 11) is 0. The Hall–Kier alpha value is -3.98. The highest BCUT2D eigenvalue weighted by molar-refractivity contribution is 6.42. The number of hydrogen-bond acceptors (Lipinski definition) is 5. The SMILES string of the molecule is O=C(Nc1cc(-c2c(-c3cccc(Cl)c3)nc3cccnn23)ccn1)c1ccc(Cl)c(Cl)c1.O=CO. The van der Waals surface area contributed by atoms with Crippen molar-refractivity contribution in [2.45, 2.75) is 0 Å². The second kappa shape index (κ2) is 11.2. The maximum absolute atomic E-state index is 12.7. The first-order valence-corrected chi connectivity index (χ1v) is 11.4. The van der Waals surface area contributed by atoms with Crippen molar-refractivity contribution in [3.63, 3.8) is 0 Å². The molecule has 0 radical (unpaired) electrons. The van der Waals surface area contributed by atoms with E-state index in [0.717, 1.165) is 16.8 Å². The van der Waals surface area contributed by atoms with Crippen LogP contribution < -0.4 is 5.32 Å². The van der Waals surface area contributed by atoms with Gasteiger partial charge in [-0.25, -0.2) is 14.5 Å². The Labute approximate surface area is 220 Å². The van der Waals surface area contributed by atoms with Crippen LogP contribution in [0.5, 0.6) is 0 Å². The first-order valence-electron chi connectivity index (χ1n) is 10.3. The number of carbonyl (C=O) groups is 2. The normalized spacial score (nSPS) is 10.4. The Kier molecular flexibility index (Phi) is 7.80. The molecule has 0 unspecified atom stereocenters. The summed E-state index contributed by atoms with van der Waals surface area (Å²) < 4.78 is 1.75. The molecular formula is C25H16Cl3N5O3. The molecule has 3 heterocycles. The summed E-state index contributed by atoms with van der Waals surface area (Å²) in [5.74, 6) is 0.0102. The minimum absolute atomic E-state index is 0.250. The summed E-state index contributed by atoms with van der Waals surface area (Å²) in [6.07, 6.45) is 3.30. The number of rotatable bonds is 4. The van der Waals surface area contributed by atoms with Crippen molar-refractivity contribution >= 4 is 58.6 Å². The predicted molar refractivity (Wildman–Crippen MR) is 140 cm³/mol. The number of pyridine rings is 1. The molecule has 11 heteroatoms. The summed E-state index contributed by atoms with van der Waals surface area (Å²) in [6.45, 7) is -0.250. The minimum atomic E-state index is -0.357. The summed E-state index contributed by atoms with van der Waals surface area (Å²) in [4.78, 5) is 30.1. The molecule has 36 heavy (non-hydrogen) atoms. The number of carbonyl (C=O) groups excluding carboxylic acids is 1. The van der Waals surface area contributed by atoms with Crippen LogP contribution in [0.3, 0.4) is 0 Å². The maximum Gasteiger partial charge on any atom is 0.290 e. The van der Waals surface area contributed by atoms with Gasteiger partial charge in [-0.15, -0.1) is 0 Å². The summed E-state index contributed by atoms with van der Waals surface area (Å²) in [5.41, 5.74) is 4.13. The largest absolute Gasteiger partial charge is 0.483 e. The number of carboxylic acid groups (broad SMARTS) is 1. The molecular weight excluding hydrogens is 525 g/mol. The number of hydrogen-bond donors (Lipinski definition) is 2. The van der Waals surface area contributed by atoms with E-state index in [1.54, 1.807) is 35.1 Å². The number of aromatic nitrogens is 4. The van der Waals surface area contributed by atoms with Gasteiger partial charge >= 0.3 is 0 Å². The van der Waals surface area contributed by atoms with Gasteiger partial charge in [-0.1, -0.05) is 46.9 Å². The lowest BCUT2D eigenvalue weighted by molar-refractivity contribution is -0.122. The highest BCUT2D eigenvalue weighted by atomic mass is 35.5. The highest BCUT2D eigenvalue weighted by Gasteiger charge is 2.18. The lowest BCUT2D eigenvalue weighted by Crippen LogP contribution is -2.13. The fraction of sp³-hybridized carbons (Fsp3) is 0. The lowest BCUT2D eigenvalue weighted by Gasteiger charge is -2.09. The second-order valence-electron chi connectivity index (χ2n) is 7.23. The Morgan fingerprint density at radius 1 is 0.917 bits per heavy atom. The zero-order chi connectivity index (χ0) is 25.7. The molecule has 0 bridgehead atoms. The van der Waals surface area contributed by atoms with Crippen LogP contribution >= 0.6 is 34.8 Å². The molecule has 0 atom stereocenters. The Balaban J connectivity index is 0.000000967. The standard InChI is InChI=1S/C24H14Cl3N5O.CH2O2/c25-17-4-1-3-14(11-17)22-23(32-21(31-22)5-2-9-29-32)15-8-10-28-20(13-15)30-24(33)16-6-7-18(26)19(27)12-16;2-1-3/h1-13H,(H,28,30,33);1H,(H,2,3). The number of benzene rings is 2. The number of fused-ring (bicyclic) bond motifs is 1. The van der Waals surface area contributed by atoms with Crippen LogP contribution in [0.4, 0.5) is 5.82 Å². The molecule has 8 nitrogen and oxygen atoms in total. The van der Waals surface area contributed by atoms with E-state index in [0.29, 0.717) is 37.8 Å². The van der Waals surface area contributed by atoms with Crippen molar-refractivity contribution in [2.24, 2.45) is 0 Å². The van der Waals surface area contributed by atoms with Crippen molar-refractivity contribution in [3.8, 4) is 22.5 Å². The molecule has 0 saturated heterocycles. The molecule has 0 aliphatic rings. The number of amides is 1. The van der Waals surface area contributed by atoms with Crippen LogP contribution in [0.25, 0.3) is 28.2 Å². The van der Waals surface area contributed by atoms with Crippen LogP contribution in [0.1, 0.15) is 10.4 Å². The van der Waals surface area contributed by atoms with Crippen LogP contribution in [-0.2, 0) is 4.79 Å². The van der Waals surface area contributed by atoms with Gasteiger partial charge in [0.25, 0.3) is 12.4 Å². The van der Waals surface area contributed by atoms with Gasteiger partial charge in [-0.2, -0.15) is 5.10 Å². The number of nitrogens with zero attached hydrogens (tertiary/aromatic N) is 4. The van der Waals surface area contributed by atoms with E-state index in [9.17, 15) is 4.79 Å². The summed E-state index contributed by atoms with van der Waals surface area (Å²) >= 11 is 18.2. The Bertz CT molecular complexity index is 1570. The molecule has 180 valence electrons. The molecule has 0 spiro atoms. The zero-order valence-electron chi connectivity index (χ0n) is 18.3. The maximum atomic E-state index is 12.7. The van der Waals surface area contributed by atoms with E-state index < -0.39 is 0 Å². The van der Waals surface area contributed by atoms with Gasteiger partial charge < -0.3 is 10.4 Å². The molecule has 0 fully saturated rings. The third-order valence-electron chi connectivity index (χ3n) is 4.95. The third-order valence-corrected chi connectivity index (χ3v) is 5.92. The topological polar surface area (TPSA) is 109 Å². The van der Waals surface area contributed by atoms with Gasteiger partial charge in [0, 0.05) is 34.1 Å². The van der Waals surface area contributed by atoms with Gasteiger partial charge in [0.15, 0.2) is 5.65 Å². The molecule has 2 N–H and O–H groups in total. The fourth-order valence-electron chi connectivity index (χ4n) is 3.46. The average Bonchev–Trinajstić information content (AvgIpc) is 3.26. The first kappa shape index (κ1) is 25.1. The number of halogens is 3. The van der Waals surface area contributed by atoms with E-state index in [-0.39, 0.29) is 12.4 Å². The summed E-state index contributed by atoms with van der Waals surface area (Å²) in [6, 6.07) is 19.4. The third kappa shape index (κ3) is 5.46. The van der Waals surface area contributed by atoms with Crippen LogP contribution in [0.2, 0.25) is 15.1 Å². The van der Waals surface area contributed by atoms with Crippen LogP contribution in [0.15, 0.2) is 79.1 Å². The molecule has 5 aromatic rings. The van der Waals surface area contributed by atoms with E-state index in [2.05, 4.69) is 15.4 Å². The Morgan fingerprint density at radius 3 is 2.47 bits per heavy atom. The minimum Gasteiger partial charge on any atom is -0.483 e. The van der Waals surface area contributed by atoms with Crippen molar-refractivity contribution in [1.29, 1.82) is 0 Å². The average molecular weight is 541 g/mol. The van der Waals surface area contributed by atoms with E-state index in [4.69, 9.17) is 49.7 Å². The second-order valence-corrected chi connectivity index (χ2v) is 8.48. The van der Waals surface area contributed by atoms with Gasteiger partial charge in [-0.05, 0) is 54.6 Å². The van der Waals surface area contributed by atoms with E-state index >= 15 is 0 Å². The highest BCUT2D eigenvalue weighted by Crippen LogP contribution is 2.34. The van der Waals surface area contributed by atoms with Crippen LogP contribution in [-0.4, -0.2) is 37.1 Å². The Morgan fingerprint density at radius 2 is 1.72 bits per heavy atom. The van der Waals surface area contributed by atoms with Crippen molar-refractivity contribution in [3.05, 3.63) is 99.8 Å². The fourth-order valence-corrected chi connectivity index (χ4v) is 3.95. The summed E-state index contributed by atoms with van der Waals surface area (Å²) in [5, 5.41) is 15.4. The molecule has 0 aliphatic heterocycles. The smallest absolute Gasteiger partial charge is 0.290 e. The zero-order valence-corrected chi connectivity index (χ0v) is 20.5. The van der Waals surface area contributed by atoms with E-state index in [1.807, 2.05) is 42.5 Å². The molecule has 2 aromatic carbocycles. The number of imidazole rings is 1. The molecule has 3 aromatic heterocycles. The predicted octanol–water partition coefficient (Wildman–Crippen LogP) is 6.37. The quantitative estimate of drug-likeness (QED) is 0.256. The monoisotopic (exact) mass is 539 g/mol. The van der Waals surface area contributed by atoms with Gasteiger partial charge in [0.1, 0.15) is 11.5 Å². The van der Waals surface area contributed by atoms with Crippen molar-refractivity contribution in [2.75, 3.05) is 5.32 Å². The first-order chi connectivity index (χ1) is 17.4. The number of anilines is 1.